The van der Waals surface area contributed by atoms with Gasteiger partial charge in [0.25, 0.3) is 11.8 Å². The van der Waals surface area contributed by atoms with Gasteiger partial charge in [0.2, 0.25) is 0 Å². The molecule has 0 bridgehead atoms. The molecule has 0 aliphatic rings. The second-order valence-electron chi connectivity index (χ2n) is 5.99. The summed E-state index contributed by atoms with van der Waals surface area (Å²) in [5, 5.41) is 19.2. The van der Waals surface area contributed by atoms with Crippen molar-refractivity contribution in [2.24, 2.45) is 0 Å². The quantitative estimate of drug-likeness (QED) is 0.259. The van der Waals surface area contributed by atoms with Gasteiger partial charge in [0.15, 0.2) is 5.82 Å². The first-order valence-corrected chi connectivity index (χ1v) is 11.1. The summed E-state index contributed by atoms with van der Waals surface area (Å²) >= 11 is 11.5. The van der Waals surface area contributed by atoms with Crippen molar-refractivity contribution in [3.05, 3.63) is 68.5 Å². The number of nitrogens with one attached hydrogen (secondary N) is 2. The van der Waals surface area contributed by atoms with Crippen molar-refractivity contribution in [2.45, 2.75) is 6.92 Å². The lowest BCUT2D eigenvalue weighted by atomic mass is 10.0. The van der Waals surface area contributed by atoms with E-state index in [9.17, 15) is 14.9 Å². The molecule has 0 fully saturated rings. The molecule has 2 aromatic heterocycles. The predicted octanol–water partition coefficient (Wildman–Crippen LogP) is 4.24. The molecule has 152 valence electrons. The molecule has 0 saturated heterocycles. The highest BCUT2D eigenvalue weighted by Gasteiger charge is 2.22. The Balaban J connectivity index is 2.05. The Labute approximate surface area is 198 Å². The molecule has 30 heavy (non-hydrogen) atoms. The third-order valence-corrected chi connectivity index (χ3v) is 5.09. The van der Waals surface area contributed by atoms with Crippen molar-refractivity contribution < 1.29 is 9.59 Å². The number of halogens is 3. The molecule has 0 aliphatic heterocycles. The number of alkyl halides is 1. The van der Waals surface area contributed by atoms with Crippen molar-refractivity contribution in [3.8, 4) is 11.9 Å². The minimum Gasteiger partial charge on any atom is -0.343 e. The Morgan fingerprint density at radius 2 is 2.10 bits per heavy atom. The van der Waals surface area contributed by atoms with Gasteiger partial charge in [-0.25, -0.2) is 9.67 Å². The molecule has 3 rings (SSSR count). The Hall–Kier alpha value is -2.49. The number of carbonyl (C=O) groups is 2. The van der Waals surface area contributed by atoms with Crippen molar-refractivity contribution in [2.75, 3.05) is 9.87 Å². The van der Waals surface area contributed by atoms with Crippen LogP contribution in [-0.4, -0.2) is 31.1 Å². The molecule has 11 heteroatoms. The number of aromatic nitrogens is 3. The van der Waals surface area contributed by atoms with E-state index in [4.69, 9.17) is 11.6 Å². The molecule has 2 heterocycles. The van der Waals surface area contributed by atoms with Crippen LogP contribution in [0.25, 0.3) is 5.82 Å². The van der Waals surface area contributed by atoms with E-state index in [2.05, 4.69) is 36.6 Å². The Bertz CT molecular complexity index is 1190. The van der Waals surface area contributed by atoms with Gasteiger partial charge in [-0.2, -0.15) is 10.4 Å². The van der Waals surface area contributed by atoms with Gasteiger partial charge in [0, 0.05) is 12.3 Å². The standard InChI is InChI=1S/C19H13BrClIN6O2/c1-10-5-11(8-23)6-12(18(29)25-9-22)16(10)26-19(30)14-7-15(20)27-28(14)17-13(21)3-2-4-24-17/h2-7H,9H2,1H3,(H,25,29)(H,26,30). The predicted molar refractivity (Wildman–Crippen MR) is 124 cm³/mol. The Morgan fingerprint density at radius 3 is 2.77 bits per heavy atom. The first kappa shape index (κ1) is 22.2. The normalized spacial score (nSPS) is 10.4. The molecule has 3 aromatic rings. The van der Waals surface area contributed by atoms with E-state index >= 15 is 0 Å². The van der Waals surface area contributed by atoms with E-state index in [0.717, 1.165) is 0 Å². The molecular formula is C19H13BrClIN6O2. The van der Waals surface area contributed by atoms with Crippen LogP contribution in [0.15, 0.2) is 41.1 Å². The van der Waals surface area contributed by atoms with Crippen LogP contribution >= 0.6 is 50.1 Å². The fourth-order valence-electron chi connectivity index (χ4n) is 2.74. The number of hydrogen-bond acceptors (Lipinski definition) is 5. The lowest BCUT2D eigenvalue weighted by molar-refractivity contribution is 0.0963. The summed E-state index contributed by atoms with van der Waals surface area (Å²) in [6, 6.07) is 9.88. The van der Waals surface area contributed by atoms with Crippen molar-refractivity contribution in [1.29, 1.82) is 5.26 Å². The van der Waals surface area contributed by atoms with Gasteiger partial charge in [-0.05, 0) is 52.7 Å². The zero-order valence-corrected chi connectivity index (χ0v) is 19.9. The summed E-state index contributed by atoms with van der Waals surface area (Å²) in [5.41, 5.74) is 1.54. The maximum Gasteiger partial charge on any atom is 0.274 e. The maximum atomic E-state index is 13.1. The summed E-state index contributed by atoms with van der Waals surface area (Å²) < 4.78 is 2.09. The first-order chi connectivity index (χ1) is 14.3. The molecule has 0 atom stereocenters. The van der Waals surface area contributed by atoms with Crippen LogP contribution in [-0.2, 0) is 0 Å². The Morgan fingerprint density at radius 1 is 1.33 bits per heavy atom. The molecule has 2 amide bonds. The third kappa shape index (κ3) is 4.63. The SMILES string of the molecule is Cc1cc(C#N)cc(C(=O)NCI)c1NC(=O)c1cc(Br)nn1-c1ncccc1Cl. The fraction of sp³-hybridized carbons (Fsp3) is 0.105. The maximum absolute atomic E-state index is 13.1. The summed E-state index contributed by atoms with van der Waals surface area (Å²) in [4.78, 5) is 29.8. The van der Waals surface area contributed by atoms with Crippen molar-refractivity contribution in [3.63, 3.8) is 0 Å². The number of aryl methyl sites for hydroxylation is 1. The number of nitrogens with zero attached hydrogens (tertiary/aromatic N) is 4. The summed E-state index contributed by atoms with van der Waals surface area (Å²) in [6.07, 6.45) is 1.54. The van der Waals surface area contributed by atoms with Gasteiger partial charge in [0.1, 0.15) is 10.3 Å². The van der Waals surface area contributed by atoms with E-state index < -0.39 is 11.8 Å². The third-order valence-electron chi connectivity index (χ3n) is 4.03. The number of nitriles is 1. The number of hydrogen-bond donors (Lipinski definition) is 2. The van der Waals surface area contributed by atoms with E-state index in [1.807, 2.05) is 28.7 Å². The highest BCUT2D eigenvalue weighted by atomic mass is 127. The van der Waals surface area contributed by atoms with Crippen LogP contribution in [0.5, 0.6) is 0 Å². The molecule has 0 saturated carbocycles. The van der Waals surface area contributed by atoms with Gasteiger partial charge in [0.05, 0.1) is 32.5 Å². The van der Waals surface area contributed by atoms with Gasteiger partial charge in [-0.1, -0.05) is 34.2 Å². The van der Waals surface area contributed by atoms with Gasteiger partial charge in [-0.3, -0.25) is 9.59 Å². The van der Waals surface area contributed by atoms with Gasteiger partial charge >= 0.3 is 0 Å². The molecule has 2 N–H and O–H groups in total. The average molecular weight is 600 g/mol. The zero-order chi connectivity index (χ0) is 21.8. The number of carbonyl (C=O) groups excluding carboxylic acids is 2. The molecular weight excluding hydrogens is 587 g/mol. The largest absolute Gasteiger partial charge is 0.343 e. The van der Waals surface area contributed by atoms with E-state index in [1.165, 1.54) is 23.0 Å². The Kier molecular flexibility index (Phi) is 7.06. The van der Waals surface area contributed by atoms with Crippen LogP contribution in [0.3, 0.4) is 0 Å². The highest BCUT2D eigenvalue weighted by Crippen LogP contribution is 2.26. The second kappa shape index (κ2) is 9.55. The van der Waals surface area contributed by atoms with E-state index in [0.29, 0.717) is 31.0 Å². The highest BCUT2D eigenvalue weighted by molar-refractivity contribution is 14.1. The van der Waals surface area contributed by atoms with Crippen LogP contribution in [0, 0.1) is 18.3 Å². The number of pyridine rings is 1. The minimum absolute atomic E-state index is 0.159. The number of rotatable bonds is 5. The number of anilines is 1. The smallest absolute Gasteiger partial charge is 0.274 e. The molecule has 0 radical (unpaired) electrons. The summed E-state index contributed by atoms with van der Waals surface area (Å²) in [5.74, 6) is -0.636. The second-order valence-corrected chi connectivity index (χ2v) is 7.98. The number of benzene rings is 1. The monoisotopic (exact) mass is 598 g/mol. The fourth-order valence-corrected chi connectivity index (χ4v) is 3.66. The topological polar surface area (TPSA) is 113 Å². The lowest BCUT2D eigenvalue weighted by Gasteiger charge is -2.15. The van der Waals surface area contributed by atoms with Crippen LogP contribution < -0.4 is 10.6 Å². The van der Waals surface area contributed by atoms with Crippen LogP contribution in [0.2, 0.25) is 5.02 Å². The van der Waals surface area contributed by atoms with E-state index in [1.54, 1.807) is 25.1 Å². The summed E-state index contributed by atoms with van der Waals surface area (Å²) in [7, 11) is 0. The summed E-state index contributed by atoms with van der Waals surface area (Å²) in [6.45, 7) is 1.71. The first-order valence-electron chi connectivity index (χ1n) is 8.42. The minimum atomic E-state index is -0.522. The molecule has 8 nitrogen and oxygen atoms in total. The lowest BCUT2D eigenvalue weighted by Crippen LogP contribution is -2.25. The zero-order valence-electron chi connectivity index (χ0n) is 15.4. The van der Waals surface area contributed by atoms with Crippen molar-refractivity contribution >= 4 is 67.6 Å². The van der Waals surface area contributed by atoms with Crippen LogP contribution in [0.4, 0.5) is 5.69 Å². The van der Waals surface area contributed by atoms with E-state index in [-0.39, 0.29) is 17.1 Å². The molecule has 0 spiro atoms. The molecule has 0 unspecified atom stereocenters. The number of amides is 2. The van der Waals surface area contributed by atoms with Gasteiger partial charge < -0.3 is 10.6 Å². The average Bonchev–Trinajstić information content (AvgIpc) is 3.11. The molecule has 0 aliphatic carbocycles. The van der Waals surface area contributed by atoms with Crippen molar-refractivity contribution in [1.82, 2.24) is 20.1 Å². The molecule has 1 aromatic carbocycles. The van der Waals surface area contributed by atoms with Gasteiger partial charge in [-0.15, -0.1) is 0 Å². The van der Waals surface area contributed by atoms with Crippen LogP contribution in [0.1, 0.15) is 32.0 Å².